The maximum atomic E-state index is 9.99. The van der Waals surface area contributed by atoms with E-state index in [0.29, 0.717) is 0 Å². The number of nitrogens with zero attached hydrogens (tertiary/aromatic N) is 2. The molecular formula is C3H3ClN2O2S. The largest absolute Gasteiger partial charge is 0.477 e. The van der Waals surface area contributed by atoms with Gasteiger partial charge in [0.1, 0.15) is 0 Å². The number of hydrogen-bond donors (Lipinski definition) is 1. The maximum absolute atomic E-state index is 9.99. The Morgan fingerprint density at radius 2 is 2.44 bits per heavy atom. The quantitative estimate of drug-likeness (QED) is 0.666. The first-order valence-corrected chi connectivity index (χ1v) is 2.58. The summed E-state index contributed by atoms with van der Waals surface area (Å²) in [4.78, 5) is 10.2. The molecule has 0 bridgehead atoms. The molecule has 0 saturated heterocycles. The van der Waals surface area contributed by atoms with E-state index in [1.165, 1.54) is 6.20 Å². The van der Waals surface area contributed by atoms with Gasteiger partial charge in [0.05, 0.1) is 6.20 Å². The average molecular weight is 167 g/mol. The summed E-state index contributed by atoms with van der Waals surface area (Å²) in [5, 5.41) is 11.5. The third kappa shape index (κ3) is 1.95. The van der Waals surface area contributed by atoms with E-state index in [9.17, 15) is 4.79 Å². The summed E-state index contributed by atoms with van der Waals surface area (Å²) < 4.78 is 3.35. The van der Waals surface area contributed by atoms with Crippen LogP contribution >= 0.6 is 23.9 Å². The van der Waals surface area contributed by atoms with E-state index < -0.39 is 5.97 Å². The number of aromatic nitrogens is 2. The van der Waals surface area contributed by atoms with Crippen molar-refractivity contribution in [3.8, 4) is 0 Å². The lowest BCUT2D eigenvalue weighted by Gasteiger charge is -1.75. The first-order valence-electron chi connectivity index (χ1n) is 1.81. The SMILES string of the molecule is Cl.O=C(O)c1cnns1. The summed E-state index contributed by atoms with van der Waals surface area (Å²) in [5.41, 5.74) is 0. The van der Waals surface area contributed by atoms with Crippen LogP contribution < -0.4 is 0 Å². The first-order chi connectivity index (χ1) is 3.80. The van der Waals surface area contributed by atoms with E-state index in [1.807, 2.05) is 0 Å². The molecule has 0 amide bonds. The van der Waals surface area contributed by atoms with Crippen LogP contribution in [-0.4, -0.2) is 20.7 Å². The van der Waals surface area contributed by atoms with Crippen molar-refractivity contribution in [2.24, 2.45) is 0 Å². The van der Waals surface area contributed by atoms with Gasteiger partial charge < -0.3 is 5.11 Å². The number of hydrogen-bond acceptors (Lipinski definition) is 4. The van der Waals surface area contributed by atoms with Gasteiger partial charge in [-0.1, -0.05) is 4.49 Å². The number of carboxylic acids is 1. The van der Waals surface area contributed by atoms with E-state index in [1.54, 1.807) is 0 Å². The molecule has 0 unspecified atom stereocenters. The number of rotatable bonds is 1. The van der Waals surface area contributed by atoms with E-state index in [4.69, 9.17) is 5.11 Å². The van der Waals surface area contributed by atoms with Gasteiger partial charge in [-0.2, -0.15) is 0 Å². The summed E-state index contributed by atoms with van der Waals surface area (Å²) >= 11 is 0.870. The molecule has 0 aliphatic heterocycles. The lowest BCUT2D eigenvalue weighted by atomic mass is 10.6. The minimum atomic E-state index is -0.972. The van der Waals surface area contributed by atoms with Crippen LogP contribution in [0.2, 0.25) is 0 Å². The second-order valence-electron chi connectivity index (χ2n) is 1.09. The van der Waals surface area contributed by atoms with Crippen LogP contribution in [0.3, 0.4) is 0 Å². The zero-order valence-corrected chi connectivity index (χ0v) is 5.78. The van der Waals surface area contributed by atoms with Crippen LogP contribution in [0.5, 0.6) is 0 Å². The van der Waals surface area contributed by atoms with Crippen LogP contribution in [0, 0.1) is 0 Å². The maximum Gasteiger partial charge on any atom is 0.349 e. The Morgan fingerprint density at radius 3 is 2.67 bits per heavy atom. The molecule has 0 radical (unpaired) electrons. The molecule has 0 fully saturated rings. The van der Waals surface area contributed by atoms with Gasteiger partial charge in [-0.05, 0) is 11.5 Å². The molecule has 1 heterocycles. The molecular weight excluding hydrogens is 164 g/mol. The van der Waals surface area contributed by atoms with Gasteiger partial charge in [0.15, 0.2) is 4.88 Å². The summed E-state index contributed by atoms with van der Waals surface area (Å²) in [7, 11) is 0. The van der Waals surface area contributed by atoms with E-state index in [0.717, 1.165) is 11.5 Å². The highest BCUT2D eigenvalue weighted by Gasteiger charge is 2.02. The molecule has 9 heavy (non-hydrogen) atoms. The van der Waals surface area contributed by atoms with Crippen LogP contribution in [0.15, 0.2) is 6.20 Å². The smallest absolute Gasteiger partial charge is 0.349 e. The van der Waals surface area contributed by atoms with Crippen LogP contribution in [0.1, 0.15) is 9.67 Å². The summed E-state index contributed by atoms with van der Waals surface area (Å²) in [6, 6.07) is 0. The molecule has 1 rings (SSSR count). The molecule has 6 heteroatoms. The number of aromatic carboxylic acids is 1. The number of halogens is 1. The van der Waals surface area contributed by atoms with Gasteiger partial charge in [0, 0.05) is 0 Å². The lowest BCUT2D eigenvalue weighted by Crippen LogP contribution is -1.89. The van der Waals surface area contributed by atoms with Crippen molar-refractivity contribution in [3.05, 3.63) is 11.1 Å². The van der Waals surface area contributed by atoms with Gasteiger partial charge in [0.2, 0.25) is 0 Å². The molecule has 1 aromatic heterocycles. The van der Waals surface area contributed by atoms with Crippen molar-refractivity contribution < 1.29 is 9.90 Å². The Bertz CT molecular complexity index is 188. The molecule has 0 aliphatic rings. The molecule has 0 aliphatic carbocycles. The summed E-state index contributed by atoms with van der Waals surface area (Å²) in [6.07, 6.45) is 1.22. The zero-order valence-electron chi connectivity index (χ0n) is 4.14. The number of carboxylic acid groups (broad SMARTS) is 1. The normalized spacial score (nSPS) is 8.00. The summed E-state index contributed by atoms with van der Waals surface area (Å²) in [5.74, 6) is -0.972. The van der Waals surface area contributed by atoms with E-state index in [2.05, 4.69) is 9.59 Å². The minimum absolute atomic E-state index is 0. The second kappa shape index (κ2) is 3.37. The Kier molecular flexibility index (Phi) is 3.11. The highest BCUT2D eigenvalue weighted by molar-refractivity contribution is 7.07. The molecule has 50 valence electrons. The Balaban J connectivity index is 0.000000640. The van der Waals surface area contributed by atoms with Gasteiger partial charge in [-0.3, -0.25) is 0 Å². The number of carbonyl (C=O) groups is 1. The highest BCUT2D eigenvalue weighted by atomic mass is 35.5. The fraction of sp³-hybridized carbons (Fsp3) is 0. The predicted molar refractivity (Wildman–Crippen MR) is 34.1 cm³/mol. The van der Waals surface area contributed by atoms with Gasteiger partial charge in [-0.15, -0.1) is 17.5 Å². The van der Waals surface area contributed by atoms with Gasteiger partial charge >= 0.3 is 5.97 Å². The van der Waals surface area contributed by atoms with Crippen molar-refractivity contribution >= 4 is 29.9 Å². The standard InChI is InChI=1S/C3H2N2O2S.ClH/c6-3(7)2-1-4-5-8-2;/h1H,(H,6,7);1H. The molecule has 0 aromatic carbocycles. The monoisotopic (exact) mass is 166 g/mol. The third-order valence-electron chi connectivity index (χ3n) is 0.572. The van der Waals surface area contributed by atoms with Crippen molar-refractivity contribution in [1.29, 1.82) is 0 Å². The zero-order chi connectivity index (χ0) is 5.98. The van der Waals surface area contributed by atoms with Gasteiger partial charge in [0.25, 0.3) is 0 Å². The van der Waals surface area contributed by atoms with Crippen LogP contribution in [0.4, 0.5) is 0 Å². The Labute approximate surface area is 61.1 Å². The molecule has 1 N–H and O–H groups in total. The molecule has 0 saturated carbocycles. The van der Waals surface area contributed by atoms with E-state index in [-0.39, 0.29) is 17.3 Å². The van der Waals surface area contributed by atoms with Gasteiger partial charge in [-0.25, -0.2) is 4.79 Å². The third-order valence-corrected chi connectivity index (χ3v) is 1.22. The molecule has 1 aromatic rings. The van der Waals surface area contributed by atoms with Crippen LogP contribution in [-0.2, 0) is 0 Å². The molecule has 0 spiro atoms. The predicted octanol–water partition coefficient (Wildman–Crippen LogP) is 0.658. The Hall–Kier alpha value is -0.680. The highest BCUT2D eigenvalue weighted by Crippen LogP contribution is 1.99. The molecule has 4 nitrogen and oxygen atoms in total. The lowest BCUT2D eigenvalue weighted by molar-refractivity contribution is 0.0702. The fourth-order valence-corrected chi connectivity index (χ4v) is 0.616. The second-order valence-corrected chi connectivity index (χ2v) is 1.87. The molecule has 0 atom stereocenters. The Morgan fingerprint density at radius 1 is 1.78 bits per heavy atom. The first kappa shape index (κ1) is 8.32. The fourth-order valence-electron chi connectivity index (χ4n) is 0.261. The topological polar surface area (TPSA) is 63.1 Å². The van der Waals surface area contributed by atoms with Crippen molar-refractivity contribution in [1.82, 2.24) is 9.59 Å². The van der Waals surface area contributed by atoms with Crippen LogP contribution in [0.25, 0.3) is 0 Å². The van der Waals surface area contributed by atoms with Crippen molar-refractivity contribution in [2.75, 3.05) is 0 Å². The van der Waals surface area contributed by atoms with E-state index >= 15 is 0 Å². The summed E-state index contributed by atoms with van der Waals surface area (Å²) in [6.45, 7) is 0. The van der Waals surface area contributed by atoms with Crippen molar-refractivity contribution in [3.63, 3.8) is 0 Å². The van der Waals surface area contributed by atoms with Crippen molar-refractivity contribution in [2.45, 2.75) is 0 Å². The average Bonchev–Trinajstić information content (AvgIpc) is 2.12. The minimum Gasteiger partial charge on any atom is -0.477 e.